The number of halogens is 1. The number of morpholine rings is 1. The molecule has 1 aromatic heterocycles. The average Bonchev–Trinajstić information content (AvgIpc) is 3.21. The Balaban J connectivity index is 1.48. The summed E-state index contributed by atoms with van der Waals surface area (Å²) in [5, 5.41) is 7.22. The molecule has 1 aliphatic heterocycles. The summed E-state index contributed by atoms with van der Waals surface area (Å²) < 4.78 is 20.3. The van der Waals surface area contributed by atoms with Crippen LogP contribution in [-0.4, -0.2) is 46.9 Å². The van der Waals surface area contributed by atoms with Crippen LogP contribution in [0.25, 0.3) is 5.69 Å². The Kier molecular flexibility index (Phi) is 5.45. The van der Waals surface area contributed by atoms with Crippen molar-refractivity contribution in [3.05, 3.63) is 77.9 Å². The molecule has 4 rings (SSSR count). The van der Waals surface area contributed by atoms with Crippen molar-refractivity contribution in [1.29, 1.82) is 0 Å². The Bertz CT molecular complexity index is 966. The van der Waals surface area contributed by atoms with Crippen LogP contribution in [0.15, 0.2) is 60.8 Å². The Morgan fingerprint density at radius 2 is 1.93 bits per heavy atom. The fourth-order valence-corrected chi connectivity index (χ4v) is 3.17. The zero-order chi connectivity index (χ0) is 19.3. The molecule has 1 saturated heterocycles. The lowest BCUT2D eigenvalue weighted by molar-refractivity contribution is 0.0342. The molecule has 0 radical (unpaired) electrons. The van der Waals surface area contributed by atoms with Crippen LogP contribution in [0.3, 0.4) is 0 Å². The van der Waals surface area contributed by atoms with E-state index in [0.29, 0.717) is 5.69 Å². The number of benzene rings is 2. The highest BCUT2D eigenvalue weighted by Crippen LogP contribution is 2.19. The lowest BCUT2D eigenvalue weighted by atomic mass is 10.1. The standard InChI is InChI=1S/C21H21FN4O2/c22-17-5-3-6-18(14-17)26-9-8-20(24-26)21(27)23-19-7-2-1-4-16(19)15-25-10-12-28-13-11-25/h1-9,14H,10-13,15H2,(H,23,27). The number of anilines is 1. The molecule has 0 unspecified atom stereocenters. The van der Waals surface area contributed by atoms with Gasteiger partial charge in [0.2, 0.25) is 0 Å². The van der Waals surface area contributed by atoms with Crippen LogP contribution in [0.5, 0.6) is 0 Å². The number of para-hydroxylation sites is 1. The van der Waals surface area contributed by atoms with E-state index in [9.17, 15) is 9.18 Å². The Hall–Kier alpha value is -3.03. The monoisotopic (exact) mass is 380 g/mol. The zero-order valence-corrected chi connectivity index (χ0v) is 15.3. The van der Waals surface area contributed by atoms with Crippen molar-refractivity contribution in [2.45, 2.75) is 6.54 Å². The van der Waals surface area contributed by atoms with Crippen LogP contribution in [0.4, 0.5) is 10.1 Å². The Labute approximate surface area is 162 Å². The lowest BCUT2D eigenvalue weighted by Crippen LogP contribution is -2.35. The predicted molar refractivity (Wildman–Crippen MR) is 104 cm³/mol. The number of amides is 1. The quantitative estimate of drug-likeness (QED) is 0.739. The molecule has 1 N–H and O–H groups in total. The van der Waals surface area contributed by atoms with Gasteiger partial charge in [0, 0.05) is 31.5 Å². The maximum Gasteiger partial charge on any atom is 0.276 e. The molecule has 0 aliphatic carbocycles. The van der Waals surface area contributed by atoms with Gasteiger partial charge in [0.05, 0.1) is 18.9 Å². The van der Waals surface area contributed by atoms with Crippen molar-refractivity contribution in [3.63, 3.8) is 0 Å². The van der Waals surface area contributed by atoms with Gasteiger partial charge in [0.25, 0.3) is 5.91 Å². The van der Waals surface area contributed by atoms with Gasteiger partial charge in [0.15, 0.2) is 5.69 Å². The fourth-order valence-electron chi connectivity index (χ4n) is 3.17. The van der Waals surface area contributed by atoms with Crippen molar-refractivity contribution in [2.24, 2.45) is 0 Å². The third-order valence-corrected chi connectivity index (χ3v) is 4.66. The van der Waals surface area contributed by atoms with Crippen molar-refractivity contribution in [2.75, 3.05) is 31.6 Å². The smallest absolute Gasteiger partial charge is 0.276 e. The van der Waals surface area contributed by atoms with E-state index >= 15 is 0 Å². The third kappa shape index (κ3) is 4.27. The second-order valence-electron chi connectivity index (χ2n) is 6.63. The summed E-state index contributed by atoms with van der Waals surface area (Å²) in [5.41, 5.74) is 2.64. The van der Waals surface area contributed by atoms with E-state index in [0.717, 1.165) is 44.1 Å². The number of aromatic nitrogens is 2. The number of hydrogen-bond acceptors (Lipinski definition) is 4. The average molecular weight is 380 g/mol. The van der Waals surface area contributed by atoms with E-state index in [1.54, 1.807) is 24.4 Å². The lowest BCUT2D eigenvalue weighted by Gasteiger charge is -2.27. The minimum atomic E-state index is -0.351. The van der Waals surface area contributed by atoms with Gasteiger partial charge < -0.3 is 10.1 Å². The SMILES string of the molecule is O=C(Nc1ccccc1CN1CCOCC1)c1ccn(-c2cccc(F)c2)n1. The molecule has 7 heteroatoms. The van der Waals surface area contributed by atoms with E-state index in [4.69, 9.17) is 4.74 Å². The maximum atomic E-state index is 13.4. The first-order valence-corrected chi connectivity index (χ1v) is 9.20. The molecule has 2 aromatic carbocycles. The van der Waals surface area contributed by atoms with Gasteiger partial charge >= 0.3 is 0 Å². The molecule has 0 spiro atoms. The predicted octanol–water partition coefficient (Wildman–Crippen LogP) is 3.10. The van der Waals surface area contributed by atoms with Gasteiger partial charge in [-0.05, 0) is 35.9 Å². The van der Waals surface area contributed by atoms with Crippen LogP contribution < -0.4 is 5.32 Å². The summed E-state index contributed by atoms with van der Waals surface area (Å²) in [4.78, 5) is 15.0. The van der Waals surface area contributed by atoms with Gasteiger partial charge in [0.1, 0.15) is 5.82 Å². The number of carbonyl (C=O) groups excluding carboxylic acids is 1. The number of hydrogen-bond donors (Lipinski definition) is 1. The molecule has 1 fully saturated rings. The minimum Gasteiger partial charge on any atom is -0.379 e. The molecule has 2 heterocycles. The molecule has 3 aromatic rings. The number of rotatable bonds is 5. The van der Waals surface area contributed by atoms with E-state index in [2.05, 4.69) is 15.3 Å². The molecular formula is C21H21FN4O2. The Morgan fingerprint density at radius 1 is 1.11 bits per heavy atom. The van der Waals surface area contributed by atoms with Crippen LogP contribution in [0, 0.1) is 5.82 Å². The van der Waals surface area contributed by atoms with Crippen LogP contribution in [0.1, 0.15) is 16.1 Å². The highest BCUT2D eigenvalue weighted by atomic mass is 19.1. The fraction of sp³-hybridized carbons (Fsp3) is 0.238. The maximum absolute atomic E-state index is 13.4. The molecule has 0 saturated carbocycles. The number of nitrogens with zero attached hydrogens (tertiary/aromatic N) is 3. The van der Waals surface area contributed by atoms with Crippen LogP contribution in [0.2, 0.25) is 0 Å². The molecule has 6 nitrogen and oxygen atoms in total. The minimum absolute atomic E-state index is 0.269. The molecular weight excluding hydrogens is 359 g/mol. The summed E-state index contributed by atoms with van der Waals surface area (Å²) in [6.45, 7) is 3.95. The number of ether oxygens (including phenoxy) is 1. The summed E-state index contributed by atoms with van der Waals surface area (Å²) in [5.74, 6) is -0.652. The number of nitrogens with one attached hydrogen (secondary N) is 1. The largest absolute Gasteiger partial charge is 0.379 e. The molecule has 1 amide bonds. The summed E-state index contributed by atoms with van der Waals surface area (Å²) in [7, 11) is 0. The van der Waals surface area contributed by atoms with Gasteiger partial charge in [-0.25, -0.2) is 9.07 Å². The summed E-state index contributed by atoms with van der Waals surface area (Å²) >= 11 is 0. The van der Waals surface area contributed by atoms with E-state index in [1.807, 2.05) is 24.3 Å². The third-order valence-electron chi connectivity index (χ3n) is 4.66. The van der Waals surface area contributed by atoms with Crippen molar-refractivity contribution in [3.8, 4) is 5.69 Å². The zero-order valence-electron chi connectivity index (χ0n) is 15.3. The van der Waals surface area contributed by atoms with E-state index in [1.165, 1.54) is 16.8 Å². The highest BCUT2D eigenvalue weighted by Gasteiger charge is 2.16. The van der Waals surface area contributed by atoms with Crippen molar-refractivity contribution in [1.82, 2.24) is 14.7 Å². The van der Waals surface area contributed by atoms with Crippen LogP contribution in [-0.2, 0) is 11.3 Å². The first-order valence-electron chi connectivity index (χ1n) is 9.20. The van der Waals surface area contributed by atoms with Gasteiger partial charge in [-0.2, -0.15) is 5.10 Å². The van der Waals surface area contributed by atoms with Crippen LogP contribution >= 0.6 is 0 Å². The second-order valence-corrected chi connectivity index (χ2v) is 6.63. The summed E-state index contributed by atoms with van der Waals surface area (Å²) in [6, 6.07) is 15.4. The van der Waals surface area contributed by atoms with Gasteiger partial charge in [-0.15, -0.1) is 0 Å². The molecule has 0 bridgehead atoms. The first-order chi connectivity index (χ1) is 13.7. The Morgan fingerprint density at radius 3 is 2.75 bits per heavy atom. The topological polar surface area (TPSA) is 59.4 Å². The van der Waals surface area contributed by atoms with Gasteiger partial charge in [-0.3, -0.25) is 9.69 Å². The second kappa shape index (κ2) is 8.33. The van der Waals surface area contributed by atoms with Crippen molar-refractivity contribution < 1.29 is 13.9 Å². The molecule has 28 heavy (non-hydrogen) atoms. The molecule has 1 aliphatic rings. The number of carbonyl (C=O) groups is 1. The van der Waals surface area contributed by atoms with E-state index in [-0.39, 0.29) is 17.4 Å². The molecule has 0 atom stereocenters. The highest BCUT2D eigenvalue weighted by molar-refractivity contribution is 6.03. The first kappa shape index (κ1) is 18.3. The van der Waals surface area contributed by atoms with Crippen molar-refractivity contribution >= 4 is 11.6 Å². The van der Waals surface area contributed by atoms with E-state index < -0.39 is 0 Å². The summed E-state index contributed by atoms with van der Waals surface area (Å²) in [6.07, 6.45) is 1.64. The van der Waals surface area contributed by atoms with Gasteiger partial charge in [-0.1, -0.05) is 24.3 Å². The molecule has 144 valence electrons. The normalized spacial score (nSPS) is 14.8.